The van der Waals surface area contributed by atoms with Gasteiger partial charge in [0, 0.05) is 44.5 Å². The molecule has 3 rings (SSSR count). The second-order valence-corrected chi connectivity index (χ2v) is 6.95. The summed E-state index contributed by atoms with van der Waals surface area (Å²) in [6.07, 6.45) is 3.79. The van der Waals surface area contributed by atoms with E-state index in [9.17, 15) is 0 Å². The van der Waals surface area contributed by atoms with Crippen LogP contribution in [0, 0.1) is 19.8 Å². The van der Waals surface area contributed by atoms with Crippen molar-refractivity contribution in [2.45, 2.75) is 39.2 Å². The molecule has 0 radical (unpaired) electrons. The van der Waals surface area contributed by atoms with Crippen molar-refractivity contribution in [3.8, 4) is 0 Å². The van der Waals surface area contributed by atoms with Gasteiger partial charge in [0.25, 0.3) is 0 Å². The predicted octanol–water partition coefficient (Wildman–Crippen LogP) is 2.55. The van der Waals surface area contributed by atoms with Gasteiger partial charge >= 0.3 is 0 Å². The van der Waals surface area contributed by atoms with Crippen LogP contribution in [-0.2, 0) is 0 Å². The third-order valence-corrected chi connectivity index (χ3v) is 5.39. The van der Waals surface area contributed by atoms with Gasteiger partial charge in [-0.3, -0.25) is 4.90 Å². The first-order valence-corrected chi connectivity index (χ1v) is 8.42. The van der Waals surface area contributed by atoms with Crippen LogP contribution >= 0.6 is 0 Å². The number of hydrogen-bond acceptors (Lipinski definition) is 3. The van der Waals surface area contributed by atoms with Gasteiger partial charge in [0.1, 0.15) is 0 Å². The number of nitrogens with two attached hydrogens (primary N) is 1. The van der Waals surface area contributed by atoms with Crippen LogP contribution in [0.5, 0.6) is 0 Å². The third kappa shape index (κ3) is 3.41. The number of aryl methyl sites for hydroxylation is 1. The van der Waals surface area contributed by atoms with Crippen molar-refractivity contribution in [1.82, 2.24) is 4.90 Å². The van der Waals surface area contributed by atoms with Gasteiger partial charge in [-0.05, 0) is 56.2 Å². The topological polar surface area (TPSA) is 32.5 Å². The lowest BCUT2D eigenvalue weighted by atomic mass is 10.1. The van der Waals surface area contributed by atoms with Crippen LogP contribution in [0.1, 0.15) is 30.4 Å². The minimum absolute atomic E-state index is 0.464. The van der Waals surface area contributed by atoms with E-state index < -0.39 is 0 Å². The van der Waals surface area contributed by atoms with Gasteiger partial charge in [-0.2, -0.15) is 0 Å². The first-order chi connectivity index (χ1) is 10.1. The van der Waals surface area contributed by atoms with Crippen molar-refractivity contribution in [3.63, 3.8) is 0 Å². The Balaban J connectivity index is 1.54. The van der Waals surface area contributed by atoms with Crippen LogP contribution < -0.4 is 10.6 Å². The van der Waals surface area contributed by atoms with Gasteiger partial charge in [-0.25, -0.2) is 0 Å². The molecule has 0 bridgehead atoms. The Hall–Kier alpha value is -1.06. The minimum atomic E-state index is 0.464. The fraction of sp³-hybridized carbons (Fsp3) is 0.667. The highest BCUT2D eigenvalue weighted by atomic mass is 15.3. The van der Waals surface area contributed by atoms with Crippen molar-refractivity contribution in [2.24, 2.45) is 11.7 Å². The van der Waals surface area contributed by atoms with E-state index >= 15 is 0 Å². The molecule has 1 aliphatic heterocycles. The van der Waals surface area contributed by atoms with E-state index in [4.69, 9.17) is 5.73 Å². The van der Waals surface area contributed by atoms with Gasteiger partial charge in [0.15, 0.2) is 0 Å². The van der Waals surface area contributed by atoms with E-state index in [-0.39, 0.29) is 0 Å². The van der Waals surface area contributed by atoms with Gasteiger partial charge in [0.05, 0.1) is 0 Å². The van der Waals surface area contributed by atoms with Crippen LogP contribution in [0.25, 0.3) is 0 Å². The minimum Gasteiger partial charge on any atom is -0.369 e. The summed E-state index contributed by atoms with van der Waals surface area (Å²) in [7, 11) is 0. The van der Waals surface area contributed by atoms with Crippen LogP contribution in [0.15, 0.2) is 18.2 Å². The van der Waals surface area contributed by atoms with Crippen molar-refractivity contribution < 1.29 is 0 Å². The zero-order valence-electron chi connectivity index (χ0n) is 13.5. The Labute approximate surface area is 129 Å². The maximum atomic E-state index is 6.03. The van der Waals surface area contributed by atoms with Crippen LogP contribution in [0.2, 0.25) is 0 Å². The Morgan fingerprint density at radius 3 is 2.52 bits per heavy atom. The average molecular weight is 287 g/mol. The summed E-state index contributed by atoms with van der Waals surface area (Å²) in [4.78, 5) is 5.20. The van der Waals surface area contributed by atoms with E-state index in [1.54, 1.807) is 0 Å². The van der Waals surface area contributed by atoms with Crippen LogP contribution in [0.4, 0.5) is 5.69 Å². The summed E-state index contributed by atoms with van der Waals surface area (Å²) >= 11 is 0. The van der Waals surface area contributed by atoms with E-state index in [0.717, 1.165) is 19.0 Å². The van der Waals surface area contributed by atoms with Gasteiger partial charge in [-0.1, -0.05) is 12.1 Å². The zero-order valence-corrected chi connectivity index (χ0v) is 13.5. The number of anilines is 1. The predicted molar refractivity (Wildman–Crippen MR) is 89.9 cm³/mol. The van der Waals surface area contributed by atoms with E-state index in [1.807, 2.05) is 0 Å². The molecule has 2 fully saturated rings. The monoisotopic (exact) mass is 287 g/mol. The molecule has 1 saturated carbocycles. The standard InChI is InChI=1S/C18H29N3/c1-14-4-3-5-18(15(14)2)21-10-8-20(9-11-21)13-16-6-7-17(19)12-16/h3-5,16-17H,6-13,19H2,1-2H3. The third-order valence-electron chi connectivity index (χ3n) is 5.39. The van der Waals surface area contributed by atoms with E-state index in [1.165, 1.54) is 55.7 Å². The number of hydrogen-bond donors (Lipinski definition) is 1. The highest BCUT2D eigenvalue weighted by Crippen LogP contribution is 2.27. The molecule has 2 aliphatic rings. The molecule has 0 aromatic heterocycles. The van der Waals surface area contributed by atoms with Crippen molar-refractivity contribution >= 4 is 5.69 Å². The lowest BCUT2D eigenvalue weighted by molar-refractivity contribution is 0.219. The van der Waals surface area contributed by atoms with E-state index in [0.29, 0.717) is 6.04 Å². The molecule has 116 valence electrons. The largest absolute Gasteiger partial charge is 0.369 e. The number of benzene rings is 1. The number of piperazine rings is 1. The molecule has 21 heavy (non-hydrogen) atoms. The quantitative estimate of drug-likeness (QED) is 0.927. The van der Waals surface area contributed by atoms with Crippen molar-refractivity contribution in [2.75, 3.05) is 37.6 Å². The molecule has 0 amide bonds. The molecule has 1 aromatic rings. The Bertz CT molecular complexity index is 477. The molecule has 3 heteroatoms. The summed E-state index contributed by atoms with van der Waals surface area (Å²) in [6, 6.07) is 7.13. The molecule has 1 heterocycles. The van der Waals surface area contributed by atoms with Gasteiger partial charge in [0.2, 0.25) is 0 Å². The Kier molecular flexibility index (Phi) is 4.51. The Morgan fingerprint density at radius 1 is 1.10 bits per heavy atom. The molecule has 2 N–H and O–H groups in total. The molecule has 2 unspecified atom stereocenters. The maximum Gasteiger partial charge on any atom is 0.0399 e. The van der Waals surface area contributed by atoms with Crippen molar-refractivity contribution in [3.05, 3.63) is 29.3 Å². The molecule has 0 spiro atoms. The molecule has 1 aliphatic carbocycles. The lowest BCUT2D eigenvalue weighted by Gasteiger charge is -2.38. The highest BCUT2D eigenvalue weighted by molar-refractivity contribution is 5.56. The molecule has 2 atom stereocenters. The second-order valence-electron chi connectivity index (χ2n) is 6.95. The second kappa shape index (κ2) is 6.37. The maximum absolute atomic E-state index is 6.03. The highest BCUT2D eigenvalue weighted by Gasteiger charge is 2.26. The number of rotatable bonds is 3. The molecular weight excluding hydrogens is 258 g/mol. The SMILES string of the molecule is Cc1cccc(N2CCN(CC3CCC(N)C3)CC2)c1C. The fourth-order valence-electron chi connectivity index (χ4n) is 3.89. The smallest absolute Gasteiger partial charge is 0.0399 e. The summed E-state index contributed by atoms with van der Waals surface area (Å²) in [6.45, 7) is 10.4. The normalized spacial score (nSPS) is 27.3. The summed E-state index contributed by atoms with van der Waals surface area (Å²) in [5, 5.41) is 0. The molecule has 3 nitrogen and oxygen atoms in total. The van der Waals surface area contributed by atoms with Crippen LogP contribution in [-0.4, -0.2) is 43.7 Å². The molecule has 1 aromatic carbocycles. The lowest BCUT2D eigenvalue weighted by Crippen LogP contribution is -2.48. The van der Waals surface area contributed by atoms with Gasteiger partial charge in [-0.15, -0.1) is 0 Å². The average Bonchev–Trinajstić information content (AvgIpc) is 2.88. The van der Waals surface area contributed by atoms with Gasteiger partial charge < -0.3 is 10.6 Å². The first kappa shape index (κ1) is 14.9. The van der Waals surface area contributed by atoms with Crippen molar-refractivity contribution in [1.29, 1.82) is 0 Å². The zero-order chi connectivity index (χ0) is 14.8. The van der Waals surface area contributed by atoms with Crippen LogP contribution in [0.3, 0.4) is 0 Å². The summed E-state index contributed by atoms with van der Waals surface area (Å²) in [5.41, 5.74) is 10.3. The Morgan fingerprint density at radius 2 is 1.86 bits per heavy atom. The van der Waals surface area contributed by atoms with E-state index in [2.05, 4.69) is 41.8 Å². The fourth-order valence-corrected chi connectivity index (χ4v) is 3.89. The molecular formula is C18H29N3. The number of nitrogens with zero attached hydrogens (tertiary/aromatic N) is 2. The molecule has 1 saturated heterocycles. The summed E-state index contributed by atoms with van der Waals surface area (Å²) < 4.78 is 0. The first-order valence-electron chi connectivity index (χ1n) is 8.42. The summed E-state index contributed by atoms with van der Waals surface area (Å²) in [5.74, 6) is 0.840.